The lowest BCUT2D eigenvalue weighted by Gasteiger charge is -2.30. The molecule has 1 aliphatic rings. The Balaban J connectivity index is 2.45. The van der Waals surface area contributed by atoms with Crippen LogP contribution in [0.5, 0.6) is 0 Å². The number of alkyl halides is 1. The van der Waals surface area contributed by atoms with Gasteiger partial charge in [-0.3, -0.25) is 4.79 Å². The van der Waals surface area contributed by atoms with Crippen LogP contribution in [-0.4, -0.2) is 43.3 Å². The third-order valence-electron chi connectivity index (χ3n) is 1.80. The zero-order valence-electron chi connectivity index (χ0n) is 6.83. The topological polar surface area (TPSA) is 29.5 Å². The predicted octanol–water partition coefficient (Wildman–Crippen LogP) is 0.369. The summed E-state index contributed by atoms with van der Waals surface area (Å²) in [4.78, 5) is 12.6. The van der Waals surface area contributed by atoms with Gasteiger partial charge in [0.05, 0.1) is 6.61 Å². The normalized spacial score (nSPS) is 23.8. The number of nitrogens with zero attached hydrogens (tertiary/aromatic N) is 1. The minimum atomic E-state index is -0.541. The lowest BCUT2D eigenvalue weighted by molar-refractivity contribution is -0.134. The van der Waals surface area contributed by atoms with Gasteiger partial charge in [0.25, 0.3) is 0 Å². The zero-order valence-corrected chi connectivity index (χ0v) is 6.83. The highest BCUT2D eigenvalue weighted by molar-refractivity contribution is 5.87. The van der Waals surface area contributed by atoms with Crippen LogP contribution in [-0.2, 0) is 9.53 Å². The van der Waals surface area contributed by atoms with Crippen molar-refractivity contribution < 1.29 is 13.9 Å². The van der Waals surface area contributed by atoms with Crippen LogP contribution < -0.4 is 0 Å². The van der Waals surface area contributed by atoms with Crippen LogP contribution in [0.1, 0.15) is 0 Å². The average Bonchev–Trinajstić information content (AvgIpc) is 2.17. The fraction of sp³-hybridized carbons (Fsp3) is 0.625. The molecule has 1 rings (SSSR count). The summed E-state index contributed by atoms with van der Waals surface area (Å²) in [7, 11) is 0. The molecule has 0 aromatic heterocycles. The molecule has 1 heterocycles. The summed E-state index contributed by atoms with van der Waals surface area (Å²) in [6, 6.07) is 0. The molecule has 12 heavy (non-hydrogen) atoms. The third-order valence-corrected chi connectivity index (χ3v) is 1.80. The van der Waals surface area contributed by atoms with Crippen molar-refractivity contribution >= 4 is 5.91 Å². The van der Waals surface area contributed by atoms with Gasteiger partial charge in [0.15, 0.2) is 0 Å². The van der Waals surface area contributed by atoms with Gasteiger partial charge in [-0.15, -0.1) is 0 Å². The highest BCUT2D eigenvalue weighted by Gasteiger charge is 2.22. The van der Waals surface area contributed by atoms with Crippen molar-refractivity contribution in [2.24, 2.45) is 0 Å². The Morgan fingerprint density at radius 3 is 3.17 bits per heavy atom. The Morgan fingerprint density at radius 2 is 2.58 bits per heavy atom. The van der Waals surface area contributed by atoms with E-state index < -0.39 is 12.8 Å². The lowest BCUT2D eigenvalue weighted by atomic mass is 10.3. The van der Waals surface area contributed by atoms with Crippen LogP contribution in [0.25, 0.3) is 0 Å². The predicted molar refractivity (Wildman–Crippen MR) is 42.5 cm³/mol. The highest BCUT2D eigenvalue weighted by atomic mass is 19.1. The molecule has 1 saturated heterocycles. The molecule has 0 bridgehead atoms. The number of amides is 1. The number of morpholine rings is 1. The van der Waals surface area contributed by atoms with Gasteiger partial charge in [0, 0.05) is 13.1 Å². The van der Waals surface area contributed by atoms with Crippen molar-refractivity contribution in [3.63, 3.8) is 0 Å². The van der Waals surface area contributed by atoms with Crippen LogP contribution in [0.4, 0.5) is 4.39 Å². The summed E-state index contributed by atoms with van der Waals surface area (Å²) in [5.41, 5.74) is 0. The van der Waals surface area contributed by atoms with E-state index in [9.17, 15) is 9.18 Å². The van der Waals surface area contributed by atoms with E-state index in [-0.39, 0.29) is 5.91 Å². The van der Waals surface area contributed by atoms with E-state index in [1.165, 1.54) is 6.08 Å². The molecule has 0 aliphatic carbocycles. The summed E-state index contributed by atoms with van der Waals surface area (Å²) >= 11 is 0. The number of halogens is 1. The first-order valence-electron chi connectivity index (χ1n) is 3.87. The molecule has 68 valence electrons. The summed E-state index contributed by atoms with van der Waals surface area (Å²) in [6.07, 6.45) is 0.781. The van der Waals surface area contributed by atoms with Gasteiger partial charge in [-0.2, -0.15) is 0 Å². The first kappa shape index (κ1) is 9.19. The zero-order chi connectivity index (χ0) is 8.97. The molecule has 0 aromatic rings. The quantitative estimate of drug-likeness (QED) is 0.564. The molecule has 1 atom stereocenters. The molecular formula is C8H12FNO2. The second kappa shape index (κ2) is 4.21. The second-order valence-corrected chi connectivity index (χ2v) is 2.64. The lowest BCUT2D eigenvalue weighted by Crippen LogP contribution is -2.45. The van der Waals surface area contributed by atoms with Gasteiger partial charge in [-0.1, -0.05) is 6.58 Å². The molecule has 0 saturated carbocycles. The largest absolute Gasteiger partial charge is 0.372 e. The minimum Gasteiger partial charge on any atom is -0.372 e. The van der Waals surface area contributed by atoms with E-state index in [0.29, 0.717) is 19.7 Å². The first-order valence-corrected chi connectivity index (χ1v) is 3.87. The summed E-state index contributed by atoms with van der Waals surface area (Å²) in [5.74, 6) is -0.156. The summed E-state index contributed by atoms with van der Waals surface area (Å²) in [5, 5.41) is 0. The van der Waals surface area contributed by atoms with E-state index >= 15 is 0 Å². The van der Waals surface area contributed by atoms with Gasteiger partial charge in [0.2, 0.25) is 5.91 Å². The Hall–Kier alpha value is -0.900. The van der Waals surface area contributed by atoms with Crippen molar-refractivity contribution in [1.29, 1.82) is 0 Å². The van der Waals surface area contributed by atoms with E-state index in [4.69, 9.17) is 4.74 Å². The van der Waals surface area contributed by atoms with Gasteiger partial charge in [-0.05, 0) is 6.08 Å². The fourth-order valence-corrected chi connectivity index (χ4v) is 1.14. The number of carbonyl (C=O) groups is 1. The maximum absolute atomic E-state index is 12.1. The minimum absolute atomic E-state index is 0.156. The molecule has 1 aliphatic heterocycles. The Morgan fingerprint density at radius 1 is 1.83 bits per heavy atom. The third kappa shape index (κ3) is 2.04. The molecule has 0 radical (unpaired) electrons. The average molecular weight is 173 g/mol. The Kier molecular flexibility index (Phi) is 3.22. The van der Waals surface area contributed by atoms with Gasteiger partial charge < -0.3 is 9.64 Å². The van der Waals surface area contributed by atoms with Gasteiger partial charge in [-0.25, -0.2) is 4.39 Å². The molecule has 1 amide bonds. The van der Waals surface area contributed by atoms with Gasteiger partial charge >= 0.3 is 0 Å². The maximum atomic E-state index is 12.1. The maximum Gasteiger partial charge on any atom is 0.246 e. The van der Waals surface area contributed by atoms with Crippen molar-refractivity contribution in [1.82, 2.24) is 4.90 Å². The van der Waals surface area contributed by atoms with E-state index in [1.807, 2.05) is 0 Å². The molecule has 0 spiro atoms. The number of hydrogen-bond donors (Lipinski definition) is 0. The van der Waals surface area contributed by atoms with Crippen LogP contribution in [0.15, 0.2) is 12.7 Å². The van der Waals surface area contributed by atoms with Gasteiger partial charge in [0.1, 0.15) is 12.8 Å². The first-order chi connectivity index (χ1) is 5.77. The van der Waals surface area contributed by atoms with Crippen LogP contribution >= 0.6 is 0 Å². The van der Waals surface area contributed by atoms with E-state index in [0.717, 1.165) is 0 Å². The SMILES string of the molecule is C=CC(=O)N1CCOC(CF)C1. The number of carbonyl (C=O) groups excluding carboxylic acids is 1. The number of ether oxygens (including phenoxy) is 1. The van der Waals surface area contributed by atoms with Crippen LogP contribution in [0.2, 0.25) is 0 Å². The van der Waals surface area contributed by atoms with Crippen molar-refractivity contribution in [2.45, 2.75) is 6.10 Å². The van der Waals surface area contributed by atoms with Crippen molar-refractivity contribution in [3.05, 3.63) is 12.7 Å². The molecule has 0 N–H and O–H groups in total. The summed E-state index contributed by atoms with van der Waals surface area (Å²) < 4.78 is 17.2. The molecular weight excluding hydrogens is 161 g/mol. The second-order valence-electron chi connectivity index (χ2n) is 2.64. The van der Waals surface area contributed by atoms with Crippen molar-refractivity contribution in [3.8, 4) is 0 Å². The van der Waals surface area contributed by atoms with Crippen molar-refractivity contribution in [2.75, 3.05) is 26.4 Å². The molecule has 1 fully saturated rings. The standard InChI is InChI=1S/C8H12FNO2/c1-2-8(11)10-3-4-12-7(5-9)6-10/h2,7H,1,3-6H2. The smallest absolute Gasteiger partial charge is 0.246 e. The van der Waals surface area contributed by atoms with Crippen LogP contribution in [0, 0.1) is 0 Å². The molecule has 1 unspecified atom stereocenters. The molecule has 3 nitrogen and oxygen atoms in total. The Bertz CT molecular complexity index is 184. The molecule has 4 heteroatoms. The number of hydrogen-bond acceptors (Lipinski definition) is 2. The van der Waals surface area contributed by atoms with E-state index in [1.54, 1.807) is 4.90 Å². The summed E-state index contributed by atoms with van der Waals surface area (Å²) in [6.45, 7) is 4.09. The number of rotatable bonds is 2. The van der Waals surface area contributed by atoms with Crippen LogP contribution in [0.3, 0.4) is 0 Å². The monoisotopic (exact) mass is 173 g/mol. The fourth-order valence-electron chi connectivity index (χ4n) is 1.14. The van der Waals surface area contributed by atoms with E-state index in [2.05, 4.69) is 6.58 Å². The highest BCUT2D eigenvalue weighted by Crippen LogP contribution is 2.05. The molecule has 0 aromatic carbocycles. The Labute approximate surface area is 70.8 Å².